The van der Waals surface area contributed by atoms with E-state index in [4.69, 9.17) is 0 Å². The summed E-state index contributed by atoms with van der Waals surface area (Å²) >= 11 is 5.93. The number of hydrogen-bond acceptors (Lipinski definition) is 3. The van der Waals surface area contributed by atoms with Gasteiger partial charge in [0.05, 0.1) is 0 Å². The van der Waals surface area contributed by atoms with Crippen LogP contribution in [-0.4, -0.2) is 17.3 Å². The zero-order chi connectivity index (χ0) is 10.3. The van der Waals surface area contributed by atoms with Gasteiger partial charge in [-0.25, -0.2) is 0 Å². The van der Waals surface area contributed by atoms with E-state index in [0.717, 1.165) is 5.75 Å². The lowest BCUT2D eigenvalue weighted by Crippen LogP contribution is -1.91. The van der Waals surface area contributed by atoms with Crippen LogP contribution in [0.25, 0.3) is 0 Å². The second-order valence-electron chi connectivity index (χ2n) is 3.20. The fourth-order valence-electron chi connectivity index (χ4n) is 1.29. The van der Waals surface area contributed by atoms with Crippen LogP contribution in [0.4, 0.5) is 0 Å². The standard InChI is InChI=1S/C12H14S3/c1-2-5-11(6-3-1)13-10-7-12-14-8-4-9-15-12/h1-3,5-7H,4,8-10H2. The lowest BCUT2D eigenvalue weighted by Gasteiger charge is -2.12. The molecule has 0 aliphatic carbocycles. The molecular weight excluding hydrogens is 240 g/mol. The SMILES string of the molecule is C(CSc1ccccc1)=C1SCCCS1. The second kappa shape index (κ2) is 6.56. The first-order valence-electron chi connectivity index (χ1n) is 5.09. The Hall–Kier alpha value is 0.01000. The molecule has 1 aliphatic heterocycles. The minimum absolute atomic E-state index is 1.10. The zero-order valence-corrected chi connectivity index (χ0v) is 11.0. The molecule has 1 saturated heterocycles. The monoisotopic (exact) mass is 254 g/mol. The average molecular weight is 254 g/mol. The van der Waals surface area contributed by atoms with Gasteiger partial charge in [-0.15, -0.1) is 35.3 Å². The molecule has 0 amide bonds. The zero-order valence-electron chi connectivity index (χ0n) is 8.52. The highest BCUT2D eigenvalue weighted by atomic mass is 32.2. The summed E-state index contributed by atoms with van der Waals surface area (Å²) in [6.07, 6.45) is 3.73. The summed E-state index contributed by atoms with van der Waals surface area (Å²) < 4.78 is 1.52. The maximum absolute atomic E-state index is 2.37. The van der Waals surface area contributed by atoms with Crippen molar-refractivity contribution in [3.63, 3.8) is 0 Å². The normalized spacial score (nSPS) is 16.4. The topological polar surface area (TPSA) is 0 Å². The number of rotatable bonds is 3. The highest BCUT2D eigenvalue weighted by Crippen LogP contribution is 2.35. The molecule has 0 atom stereocenters. The Morgan fingerprint density at radius 2 is 1.87 bits per heavy atom. The van der Waals surface area contributed by atoms with Gasteiger partial charge in [-0.3, -0.25) is 0 Å². The summed E-state index contributed by atoms with van der Waals surface area (Å²) in [5, 5.41) is 0. The van der Waals surface area contributed by atoms with Crippen molar-refractivity contribution in [3.8, 4) is 0 Å². The highest BCUT2D eigenvalue weighted by molar-refractivity contribution is 8.22. The molecule has 0 nitrogen and oxygen atoms in total. The van der Waals surface area contributed by atoms with Gasteiger partial charge in [-0.2, -0.15) is 0 Å². The number of thioether (sulfide) groups is 3. The molecule has 1 aliphatic rings. The number of benzene rings is 1. The molecule has 1 aromatic carbocycles. The van der Waals surface area contributed by atoms with E-state index in [9.17, 15) is 0 Å². The van der Waals surface area contributed by atoms with Crippen LogP contribution in [0.15, 0.2) is 45.5 Å². The average Bonchev–Trinajstić information content (AvgIpc) is 2.32. The van der Waals surface area contributed by atoms with E-state index in [1.165, 1.54) is 27.1 Å². The van der Waals surface area contributed by atoms with Gasteiger partial charge >= 0.3 is 0 Å². The van der Waals surface area contributed by atoms with Gasteiger partial charge < -0.3 is 0 Å². The Morgan fingerprint density at radius 1 is 1.13 bits per heavy atom. The molecule has 0 radical (unpaired) electrons. The van der Waals surface area contributed by atoms with Crippen molar-refractivity contribution in [3.05, 3.63) is 40.6 Å². The second-order valence-corrected chi connectivity index (χ2v) is 6.82. The van der Waals surface area contributed by atoms with E-state index in [1.54, 1.807) is 0 Å². The van der Waals surface area contributed by atoms with Crippen molar-refractivity contribution in [1.82, 2.24) is 0 Å². The van der Waals surface area contributed by atoms with Crippen LogP contribution < -0.4 is 0 Å². The summed E-state index contributed by atoms with van der Waals surface area (Å²) in [6.45, 7) is 0. The van der Waals surface area contributed by atoms with Crippen LogP contribution in [0, 0.1) is 0 Å². The first-order chi connectivity index (χ1) is 7.45. The molecule has 0 aromatic heterocycles. The minimum atomic E-state index is 1.10. The summed E-state index contributed by atoms with van der Waals surface area (Å²) in [5.41, 5.74) is 0. The third-order valence-corrected chi connectivity index (χ3v) is 5.55. The molecule has 1 fully saturated rings. The van der Waals surface area contributed by atoms with Gasteiger partial charge in [-0.05, 0) is 30.1 Å². The Balaban J connectivity index is 1.78. The number of hydrogen-bond donors (Lipinski definition) is 0. The van der Waals surface area contributed by atoms with Crippen molar-refractivity contribution in [2.24, 2.45) is 0 Å². The van der Waals surface area contributed by atoms with Crippen molar-refractivity contribution < 1.29 is 0 Å². The molecule has 80 valence electrons. The quantitative estimate of drug-likeness (QED) is 0.729. The Labute approximate surface area is 104 Å². The maximum atomic E-state index is 2.37. The van der Waals surface area contributed by atoms with Gasteiger partial charge in [0.1, 0.15) is 0 Å². The highest BCUT2D eigenvalue weighted by Gasteiger charge is 2.05. The van der Waals surface area contributed by atoms with Crippen LogP contribution in [0.3, 0.4) is 0 Å². The lowest BCUT2D eigenvalue weighted by molar-refractivity contribution is 1.12. The molecule has 2 rings (SSSR count). The molecule has 0 unspecified atom stereocenters. The largest absolute Gasteiger partial charge is 0.122 e. The molecule has 0 N–H and O–H groups in total. The van der Waals surface area contributed by atoms with Gasteiger partial charge in [0, 0.05) is 14.9 Å². The fourth-order valence-corrected chi connectivity index (χ4v) is 4.69. The molecule has 3 heteroatoms. The molecule has 1 heterocycles. The van der Waals surface area contributed by atoms with Crippen LogP contribution in [0.1, 0.15) is 6.42 Å². The Bertz CT molecular complexity index is 311. The van der Waals surface area contributed by atoms with Crippen molar-refractivity contribution in [2.45, 2.75) is 11.3 Å². The lowest BCUT2D eigenvalue weighted by atomic mass is 10.4. The van der Waals surface area contributed by atoms with Crippen LogP contribution in [0.2, 0.25) is 0 Å². The van der Waals surface area contributed by atoms with Crippen LogP contribution >= 0.6 is 35.3 Å². The van der Waals surface area contributed by atoms with E-state index in [2.05, 4.69) is 36.4 Å². The van der Waals surface area contributed by atoms with Gasteiger partial charge in [-0.1, -0.05) is 24.3 Å². The van der Waals surface area contributed by atoms with E-state index in [1.807, 2.05) is 35.3 Å². The maximum Gasteiger partial charge on any atom is 0.0369 e. The Morgan fingerprint density at radius 3 is 2.60 bits per heavy atom. The smallest absolute Gasteiger partial charge is 0.0369 e. The molecular formula is C12H14S3. The van der Waals surface area contributed by atoms with Crippen molar-refractivity contribution in [2.75, 3.05) is 17.3 Å². The summed E-state index contributed by atoms with van der Waals surface area (Å²) in [7, 11) is 0. The van der Waals surface area contributed by atoms with E-state index in [-0.39, 0.29) is 0 Å². The fraction of sp³-hybridized carbons (Fsp3) is 0.333. The molecule has 15 heavy (non-hydrogen) atoms. The summed E-state index contributed by atoms with van der Waals surface area (Å²) in [6, 6.07) is 10.6. The van der Waals surface area contributed by atoms with Crippen LogP contribution in [0.5, 0.6) is 0 Å². The summed E-state index contributed by atoms with van der Waals surface area (Å²) in [5.74, 6) is 3.70. The third-order valence-electron chi connectivity index (χ3n) is 2.02. The van der Waals surface area contributed by atoms with Crippen LogP contribution in [-0.2, 0) is 0 Å². The third kappa shape index (κ3) is 4.17. The van der Waals surface area contributed by atoms with E-state index >= 15 is 0 Å². The predicted molar refractivity (Wildman–Crippen MR) is 74.8 cm³/mol. The van der Waals surface area contributed by atoms with E-state index in [0.29, 0.717) is 0 Å². The molecule has 1 aromatic rings. The molecule has 0 bridgehead atoms. The van der Waals surface area contributed by atoms with Gasteiger partial charge in [0.15, 0.2) is 0 Å². The van der Waals surface area contributed by atoms with Gasteiger partial charge in [0.2, 0.25) is 0 Å². The first-order valence-corrected chi connectivity index (χ1v) is 8.04. The van der Waals surface area contributed by atoms with E-state index < -0.39 is 0 Å². The summed E-state index contributed by atoms with van der Waals surface area (Å²) in [4.78, 5) is 1.36. The first kappa shape index (κ1) is 11.5. The molecule has 0 spiro atoms. The van der Waals surface area contributed by atoms with Gasteiger partial charge in [0.25, 0.3) is 0 Å². The Kier molecular flexibility index (Phi) is 5.03. The predicted octanol–water partition coefficient (Wildman–Crippen LogP) is 4.49. The van der Waals surface area contributed by atoms with Crippen molar-refractivity contribution in [1.29, 1.82) is 0 Å². The minimum Gasteiger partial charge on any atom is -0.122 e. The van der Waals surface area contributed by atoms with Crippen molar-refractivity contribution >= 4 is 35.3 Å². The molecule has 0 saturated carbocycles.